The number of amides is 1. The van der Waals surface area contributed by atoms with Crippen LogP contribution in [-0.4, -0.2) is 11.4 Å². The van der Waals surface area contributed by atoms with Crippen LogP contribution in [0.3, 0.4) is 0 Å². The summed E-state index contributed by atoms with van der Waals surface area (Å²) in [6, 6.07) is 4.46. The molecule has 0 aromatic heterocycles. The summed E-state index contributed by atoms with van der Waals surface area (Å²) in [5, 5.41) is 2.94. The Morgan fingerprint density at radius 3 is 2.53 bits per heavy atom. The van der Waals surface area contributed by atoms with Crippen LogP contribution in [0.2, 0.25) is 0 Å². The van der Waals surface area contributed by atoms with Gasteiger partial charge in [-0.05, 0) is 47.8 Å². The van der Waals surface area contributed by atoms with Gasteiger partial charge in [0.15, 0.2) is 0 Å². The zero-order valence-corrected chi connectivity index (χ0v) is 11.9. The fourth-order valence-corrected chi connectivity index (χ4v) is 1.89. The summed E-state index contributed by atoms with van der Waals surface area (Å²) < 4.78 is 13.5. The molecular weight excluding hydrogens is 285 g/mol. The van der Waals surface area contributed by atoms with Crippen LogP contribution in [0.4, 0.5) is 4.39 Å². The molecule has 1 aromatic rings. The zero-order chi connectivity index (χ0) is 13.1. The van der Waals surface area contributed by atoms with Crippen molar-refractivity contribution in [3.8, 4) is 0 Å². The Bertz CT molecular complexity index is 416. The van der Waals surface area contributed by atoms with Crippen molar-refractivity contribution >= 4 is 21.8 Å². The summed E-state index contributed by atoms with van der Waals surface area (Å²) in [6.07, 6.45) is 1.67. The van der Waals surface area contributed by atoms with E-state index in [4.69, 9.17) is 0 Å². The molecular formula is C13H17BrFNO. The molecule has 4 heteroatoms. The number of carbonyl (C=O) groups is 1. The summed E-state index contributed by atoms with van der Waals surface area (Å²) in [7, 11) is 0. The number of benzene rings is 1. The van der Waals surface area contributed by atoms with Crippen molar-refractivity contribution in [2.75, 3.05) is 0 Å². The molecule has 1 amide bonds. The molecule has 0 unspecified atom stereocenters. The Hall–Kier alpha value is -0.900. The van der Waals surface area contributed by atoms with Gasteiger partial charge in [0.2, 0.25) is 0 Å². The van der Waals surface area contributed by atoms with E-state index in [2.05, 4.69) is 21.2 Å². The number of carbonyl (C=O) groups excluding carboxylic acids is 1. The molecule has 1 rings (SSSR count). The predicted molar refractivity (Wildman–Crippen MR) is 70.6 cm³/mol. The molecule has 0 heterocycles. The van der Waals surface area contributed by atoms with Gasteiger partial charge in [-0.1, -0.05) is 19.9 Å². The first-order valence-corrected chi connectivity index (χ1v) is 6.49. The van der Waals surface area contributed by atoms with Crippen molar-refractivity contribution in [2.24, 2.45) is 0 Å². The summed E-state index contributed by atoms with van der Waals surface area (Å²) in [5.74, 6) is -0.671. The normalized spacial score (nSPS) is 11.4. The van der Waals surface area contributed by atoms with Gasteiger partial charge in [-0.15, -0.1) is 0 Å². The molecule has 0 saturated heterocycles. The maximum absolute atomic E-state index is 13.3. The number of hydrogen-bond donors (Lipinski definition) is 1. The van der Waals surface area contributed by atoms with E-state index in [-0.39, 0.29) is 15.9 Å². The summed E-state index contributed by atoms with van der Waals surface area (Å²) in [5.41, 5.74) is 0.0844. The third-order valence-corrected chi connectivity index (χ3v) is 3.98. The average Bonchev–Trinajstić information content (AvgIpc) is 2.32. The van der Waals surface area contributed by atoms with Gasteiger partial charge in [0, 0.05) is 5.54 Å². The fraction of sp³-hybridized carbons (Fsp3) is 0.462. The minimum absolute atomic E-state index is 0.215. The minimum atomic E-state index is -0.424. The van der Waals surface area contributed by atoms with Gasteiger partial charge in [-0.25, -0.2) is 4.39 Å². The first-order chi connectivity index (χ1) is 7.93. The maximum atomic E-state index is 13.3. The van der Waals surface area contributed by atoms with Crippen molar-refractivity contribution in [3.63, 3.8) is 0 Å². The smallest absolute Gasteiger partial charge is 0.252 e. The van der Waals surface area contributed by atoms with Crippen LogP contribution in [0, 0.1) is 5.82 Å². The number of hydrogen-bond acceptors (Lipinski definition) is 1. The van der Waals surface area contributed by atoms with Gasteiger partial charge in [-0.2, -0.15) is 0 Å². The molecule has 17 heavy (non-hydrogen) atoms. The minimum Gasteiger partial charge on any atom is -0.347 e. The zero-order valence-electron chi connectivity index (χ0n) is 10.3. The van der Waals surface area contributed by atoms with Crippen LogP contribution in [0.25, 0.3) is 0 Å². The first-order valence-electron chi connectivity index (χ1n) is 5.70. The molecule has 0 radical (unpaired) electrons. The first kappa shape index (κ1) is 14.2. The lowest BCUT2D eigenvalue weighted by molar-refractivity contribution is 0.0899. The molecule has 2 nitrogen and oxygen atoms in total. The van der Waals surface area contributed by atoms with E-state index in [9.17, 15) is 9.18 Å². The van der Waals surface area contributed by atoms with E-state index in [1.165, 1.54) is 12.1 Å². The molecule has 0 aliphatic rings. The Balaban J connectivity index is 2.94. The second-order valence-corrected chi connectivity index (χ2v) is 5.12. The molecule has 0 aliphatic heterocycles. The molecule has 0 atom stereocenters. The Morgan fingerprint density at radius 1 is 1.41 bits per heavy atom. The third-order valence-electron chi connectivity index (χ3n) is 3.17. The predicted octanol–water partition coefficient (Wildman–Crippen LogP) is 3.90. The Kier molecular flexibility index (Phi) is 4.69. The molecule has 94 valence electrons. The van der Waals surface area contributed by atoms with Crippen molar-refractivity contribution < 1.29 is 9.18 Å². The second kappa shape index (κ2) is 5.63. The van der Waals surface area contributed by atoms with Crippen molar-refractivity contribution in [2.45, 2.75) is 39.2 Å². The molecule has 0 aliphatic carbocycles. The van der Waals surface area contributed by atoms with Gasteiger partial charge < -0.3 is 5.32 Å². The largest absolute Gasteiger partial charge is 0.347 e. The molecule has 1 aromatic carbocycles. The van der Waals surface area contributed by atoms with Crippen molar-refractivity contribution in [3.05, 3.63) is 34.1 Å². The molecule has 0 spiro atoms. The second-order valence-electron chi connectivity index (χ2n) is 4.32. The number of halogens is 2. The summed E-state index contributed by atoms with van der Waals surface area (Å²) in [4.78, 5) is 12.0. The van der Waals surface area contributed by atoms with Gasteiger partial charge in [0.1, 0.15) is 5.82 Å². The summed E-state index contributed by atoms with van der Waals surface area (Å²) >= 11 is 3.10. The van der Waals surface area contributed by atoms with Crippen LogP contribution in [-0.2, 0) is 0 Å². The van der Waals surface area contributed by atoms with Crippen LogP contribution < -0.4 is 5.32 Å². The van der Waals surface area contributed by atoms with Gasteiger partial charge in [0.05, 0.1) is 10.0 Å². The van der Waals surface area contributed by atoms with Gasteiger partial charge >= 0.3 is 0 Å². The lowest BCUT2D eigenvalue weighted by Crippen LogP contribution is -2.45. The summed E-state index contributed by atoms with van der Waals surface area (Å²) in [6.45, 7) is 6.02. The highest BCUT2D eigenvalue weighted by atomic mass is 79.9. The monoisotopic (exact) mass is 301 g/mol. The SMILES string of the molecule is CCC(C)(CC)NC(=O)c1cccc(F)c1Br. The topological polar surface area (TPSA) is 29.1 Å². The Morgan fingerprint density at radius 2 is 2.00 bits per heavy atom. The molecule has 0 bridgehead atoms. The Labute approximate surface area is 110 Å². The highest BCUT2D eigenvalue weighted by Gasteiger charge is 2.24. The van der Waals surface area contributed by atoms with Crippen LogP contribution >= 0.6 is 15.9 Å². The van der Waals surface area contributed by atoms with Crippen LogP contribution in [0.5, 0.6) is 0 Å². The van der Waals surface area contributed by atoms with Gasteiger partial charge in [0.25, 0.3) is 5.91 Å². The highest BCUT2D eigenvalue weighted by Crippen LogP contribution is 2.22. The van der Waals surface area contributed by atoms with Crippen LogP contribution in [0.15, 0.2) is 22.7 Å². The number of nitrogens with one attached hydrogen (secondary N) is 1. The van der Waals surface area contributed by atoms with E-state index >= 15 is 0 Å². The van der Waals surface area contributed by atoms with E-state index < -0.39 is 5.82 Å². The molecule has 0 saturated carbocycles. The van der Waals surface area contributed by atoms with E-state index in [0.29, 0.717) is 5.56 Å². The average molecular weight is 302 g/mol. The molecule has 0 fully saturated rings. The van der Waals surface area contributed by atoms with Gasteiger partial charge in [-0.3, -0.25) is 4.79 Å². The standard InChI is InChI=1S/C13H17BrFNO/c1-4-13(3,5-2)16-12(17)9-7-6-8-10(15)11(9)14/h6-8H,4-5H2,1-3H3,(H,16,17). The third kappa shape index (κ3) is 3.28. The lowest BCUT2D eigenvalue weighted by atomic mass is 9.95. The van der Waals surface area contributed by atoms with Crippen LogP contribution in [0.1, 0.15) is 44.0 Å². The highest BCUT2D eigenvalue weighted by molar-refractivity contribution is 9.10. The molecule has 1 N–H and O–H groups in total. The van der Waals surface area contributed by atoms with E-state index in [1.54, 1.807) is 6.07 Å². The van der Waals surface area contributed by atoms with E-state index in [0.717, 1.165) is 12.8 Å². The van der Waals surface area contributed by atoms with Crippen molar-refractivity contribution in [1.82, 2.24) is 5.32 Å². The lowest BCUT2D eigenvalue weighted by Gasteiger charge is -2.28. The van der Waals surface area contributed by atoms with E-state index in [1.807, 2.05) is 20.8 Å². The number of rotatable bonds is 4. The quantitative estimate of drug-likeness (QED) is 0.898. The fourth-order valence-electron chi connectivity index (χ4n) is 1.45. The maximum Gasteiger partial charge on any atom is 0.252 e. The van der Waals surface area contributed by atoms with Crippen molar-refractivity contribution in [1.29, 1.82) is 0 Å².